The van der Waals surface area contributed by atoms with Gasteiger partial charge in [-0.25, -0.2) is 4.79 Å². The number of hydrogen-bond donors (Lipinski definition) is 0. The largest absolute Gasteiger partial charge is 0.501 e. The third-order valence-electron chi connectivity index (χ3n) is 8.67. The average Bonchev–Trinajstić information content (AvgIpc) is 3.41. The number of piperidine rings is 1. The molecule has 0 aliphatic carbocycles. The number of benzene rings is 1. The molecule has 2 fully saturated rings. The summed E-state index contributed by atoms with van der Waals surface area (Å²) in [5.74, 6) is 1.10. The van der Waals surface area contributed by atoms with Gasteiger partial charge < -0.3 is 23.7 Å². The first kappa shape index (κ1) is 27.1. The van der Waals surface area contributed by atoms with E-state index in [1.165, 1.54) is 0 Å². The predicted octanol–water partition coefficient (Wildman–Crippen LogP) is 5.58. The molecular weight excluding hydrogens is 494 g/mol. The highest BCUT2D eigenvalue weighted by Crippen LogP contribution is 2.47. The molecule has 3 aliphatic rings. The van der Waals surface area contributed by atoms with Crippen molar-refractivity contribution in [2.24, 2.45) is 5.92 Å². The van der Waals surface area contributed by atoms with E-state index in [1.54, 1.807) is 14.2 Å². The zero-order valence-corrected chi connectivity index (χ0v) is 23.8. The van der Waals surface area contributed by atoms with Crippen molar-refractivity contribution in [1.29, 1.82) is 0 Å². The van der Waals surface area contributed by atoms with Crippen LogP contribution in [0.3, 0.4) is 0 Å². The van der Waals surface area contributed by atoms with E-state index in [2.05, 4.69) is 19.9 Å². The lowest BCUT2D eigenvalue weighted by Crippen LogP contribution is -2.54. The van der Waals surface area contributed by atoms with Crippen LogP contribution >= 0.6 is 0 Å². The fraction of sp³-hybridized carbons (Fsp3) is 0.484. The second-order valence-corrected chi connectivity index (χ2v) is 10.7. The third kappa shape index (κ3) is 4.54. The van der Waals surface area contributed by atoms with Gasteiger partial charge in [0, 0.05) is 43.7 Å². The lowest BCUT2D eigenvalue weighted by molar-refractivity contribution is 0.0549. The summed E-state index contributed by atoms with van der Waals surface area (Å²) in [4.78, 5) is 33.1. The maximum atomic E-state index is 13.9. The van der Waals surface area contributed by atoms with Gasteiger partial charge in [0.15, 0.2) is 5.76 Å². The minimum atomic E-state index is -0.457. The van der Waals surface area contributed by atoms with E-state index in [0.717, 1.165) is 28.0 Å². The normalized spacial score (nSPS) is 22.4. The fourth-order valence-electron chi connectivity index (χ4n) is 6.58. The number of fused-ring (bicyclic) bond motifs is 3. The van der Waals surface area contributed by atoms with E-state index >= 15 is 0 Å². The Kier molecular flexibility index (Phi) is 7.33. The van der Waals surface area contributed by atoms with Gasteiger partial charge in [0.05, 0.1) is 31.1 Å². The number of allylic oxidation sites excluding steroid dienone is 2. The van der Waals surface area contributed by atoms with Crippen LogP contribution in [0.1, 0.15) is 51.1 Å². The van der Waals surface area contributed by atoms with Crippen LogP contribution in [0.2, 0.25) is 0 Å². The van der Waals surface area contributed by atoms with Crippen LogP contribution in [0.4, 0.5) is 4.79 Å². The molecule has 2 unspecified atom stereocenters. The molecular formula is C31H39N3O5. The van der Waals surface area contributed by atoms with Crippen molar-refractivity contribution in [3.63, 3.8) is 0 Å². The van der Waals surface area contributed by atoms with Gasteiger partial charge in [-0.15, -0.1) is 0 Å². The van der Waals surface area contributed by atoms with Crippen molar-refractivity contribution in [1.82, 2.24) is 14.7 Å². The van der Waals surface area contributed by atoms with Crippen molar-refractivity contribution < 1.29 is 23.5 Å². The molecule has 2 saturated heterocycles. The van der Waals surface area contributed by atoms with Gasteiger partial charge in [0.25, 0.3) is 5.91 Å². The monoisotopic (exact) mass is 533 g/mol. The minimum absolute atomic E-state index is 0.0142. The lowest BCUT2D eigenvalue weighted by Gasteiger charge is -2.44. The highest BCUT2D eigenvalue weighted by molar-refractivity contribution is 5.96. The number of rotatable bonds is 6. The highest BCUT2D eigenvalue weighted by Gasteiger charge is 2.55. The number of carbonyl (C=O) groups excluding carboxylic acids is 2. The number of hydrogen-bond acceptors (Lipinski definition) is 5. The molecule has 0 bridgehead atoms. The highest BCUT2D eigenvalue weighted by atomic mass is 16.5. The summed E-state index contributed by atoms with van der Waals surface area (Å²) >= 11 is 0. The number of likely N-dealkylation sites (tertiary alicyclic amines) is 1. The molecule has 5 rings (SSSR count). The number of carbonyl (C=O) groups is 2. The Morgan fingerprint density at radius 1 is 1.23 bits per heavy atom. The van der Waals surface area contributed by atoms with Crippen LogP contribution in [-0.2, 0) is 9.47 Å². The molecule has 0 saturated carbocycles. The molecule has 39 heavy (non-hydrogen) atoms. The van der Waals surface area contributed by atoms with E-state index in [0.29, 0.717) is 50.4 Å². The molecule has 0 radical (unpaired) electrons. The second kappa shape index (κ2) is 10.6. The number of methoxy groups -OCH3 is 2. The molecule has 0 N–H and O–H groups in total. The standard InChI is InChI=1S/C31H39N3O5/c1-7-34-30(36)33-19-24(17-21(3)37-5)28(22(4)38-6)20(2)16-27(33)31(34)12-14-32(15-13-31)29(35)26-18-23-10-8-9-11-25(23)39-26/h8-11,16-18,20,22H,7,12-15,19H2,1-6H3. The average molecular weight is 534 g/mol. The number of urea groups is 1. The maximum absolute atomic E-state index is 13.9. The quantitative estimate of drug-likeness (QED) is 0.453. The molecule has 8 heteroatoms. The number of furan rings is 1. The first-order chi connectivity index (χ1) is 18.7. The molecule has 2 aromatic rings. The van der Waals surface area contributed by atoms with E-state index in [9.17, 15) is 9.59 Å². The van der Waals surface area contributed by atoms with E-state index in [4.69, 9.17) is 13.9 Å². The van der Waals surface area contributed by atoms with E-state index < -0.39 is 5.54 Å². The molecule has 2 atom stereocenters. The second-order valence-electron chi connectivity index (χ2n) is 10.7. The Balaban J connectivity index is 1.45. The van der Waals surface area contributed by atoms with Gasteiger partial charge in [-0.2, -0.15) is 0 Å². The first-order valence-corrected chi connectivity index (χ1v) is 13.8. The van der Waals surface area contributed by atoms with Gasteiger partial charge in [-0.1, -0.05) is 31.2 Å². The Hall–Kier alpha value is -3.52. The molecule has 1 aromatic heterocycles. The Bertz CT molecular complexity index is 1330. The maximum Gasteiger partial charge on any atom is 0.325 e. The number of amides is 3. The smallest absolute Gasteiger partial charge is 0.325 e. The molecule has 4 heterocycles. The van der Waals surface area contributed by atoms with E-state index in [1.807, 2.05) is 65.0 Å². The zero-order chi connectivity index (χ0) is 27.9. The van der Waals surface area contributed by atoms with Crippen molar-refractivity contribution in [3.8, 4) is 0 Å². The number of ether oxygens (including phenoxy) is 2. The molecule has 8 nitrogen and oxygen atoms in total. The van der Waals surface area contributed by atoms with Gasteiger partial charge in [0.2, 0.25) is 0 Å². The van der Waals surface area contributed by atoms with Gasteiger partial charge in [-0.3, -0.25) is 9.69 Å². The Morgan fingerprint density at radius 2 is 1.95 bits per heavy atom. The summed E-state index contributed by atoms with van der Waals surface area (Å²) < 4.78 is 17.1. The SMILES string of the molecule is CCN1C(=O)N2CC(C=C(C)OC)=C(C(C)OC)C(C)C=C2C12CCN(C(=O)c1cc3ccccc3o1)CC2. The summed E-state index contributed by atoms with van der Waals surface area (Å²) in [6, 6.07) is 9.49. The third-order valence-corrected chi connectivity index (χ3v) is 8.67. The van der Waals surface area contributed by atoms with Crippen molar-refractivity contribution in [2.75, 3.05) is 40.4 Å². The van der Waals surface area contributed by atoms with Crippen LogP contribution in [0.15, 0.2) is 69.5 Å². The summed E-state index contributed by atoms with van der Waals surface area (Å²) in [5.41, 5.74) is 3.49. The van der Waals surface area contributed by atoms with Gasteiger partial charge >= 0.3 is 6.03 Å². The van der Waals surface area contributed by atoms with Crippen molar-refractivity contribution >= 4 is 22.9 Å². The van der Waals surface area contributed by atoms with Crippen molar-refractivity contribution in [2.45, 2.75) is 52.2 Å². The van der Waals surface area contributed by atoms with Crippen LogP contribution < -0.4 is 0 Å². The first-order valence-electron chi connectivity index (χ1n) is 13.8. The fourth-order valence-corrected chi connectivity index (χ4v) is 6.58. The summed E-state index contributed by atoms with van der Waals surface area (Å²) in [6.07, 6.45) is 5.51. The molecule has 3 amide bonds. The van der Waals surface area contributed by atoms with Gasteiger partial charge in [0.1, 0.15) is 5.58 Å². The number of para-hydroxylation sites is 1. The lowest BCUT2D eigenvalue weighted by atomic mass is 9.81. The summed E-state index contributed by atoms with van der Waals surface area (Å²) in [5, 5.41) is 0.920. The predicted molar refractivity (Wildman–Crippen MR) is 150 cm³/mol. The Morgan fingerprint density at radius 3 is 2.59 bits per heavy atom. The van der Waals surface area contributed by atoms with E-state index in [-0.39, 0.29) is 24.0 Å². The van der Waals surface area contributed by atoms with Gasteiger partial charge in [-0.05, 0) is 63.0 Å². The summed E-state index contributed by atoms with van der Waals surface area (Å²) in [7, 11) is 3.37. The molecule has 208 valence electrons. The van der Waals surface area contributed by atoms with Crippen LogP contribution in [0, 0.1) is 5.92 Å². The minimum Gasteiger partial charge on any atom is -0.501 e. The molecule has 3 aliphatic heterocycles. The molecule has 1 aromatic carbocycles. The summed E-state index contributed by atoms with van der Waals surface area (Å²) in [6.45, 7) is 10.3. The van der Waals surface area contributed by atoms with Crippen LogP contribution in [0.25, 0.3) is 11.0 Å². The molecule has 1 spiro atoms. The number of nitrogens with zero attached hydrogens (tertiary/aromatic N) is 3. The zero-order valence-electron chi connectivity index (χ0n) is 23.8. The van der Waals surface area contributed by atoms with Crippen LogP contribution in [0.5, 0.6) is 0 Å². The topological polar surface area (TPSA) is 75.5 Å². The number of likely N-dealkylation sites (N-methyl/N-ethyl adjacent to an activating group) is 1. The Labute approximate surface area is 230 Å². The van der Waals surface area contributed by atoms with Crippen LogP contribution in [-0.4, -0.2) is 78.7 Å². The van der Waals surface area contributed by atoms with Crippen molar-refractivity contribution in [3.05, 3.63) is 70.8 Å².